The van der Waals surface area contributed by atoms with Crippen LogP contribution in [0.4, 0.5) is 5.69 Å². The zero-order valence-corrected chi connectivity index (χ0v) is 16.0. The van der Waals surface area contributed by atoms with E-state index >= 15 is 0 Å². The summed E-state index contributed by atoms with van der Waals surface area (Å²) < 4.78 is 0. The van der Waals surface area contributed by atoms with Crippen LogP contribution in [0.25, 0.3) is 0 Å². The van der Waals surface area contributed by atoms with Crippen LogP contribution < -0.4 is 5.73 Å². The average Bonchev–Trinajstić information content (AvgIpc) is 2.72. The fourth-order valence-electron chi connectivity index (χ4n) is 4.43. The molecule has 27 heavy (non-hydrogen) atoms. The summed E-state index contributed by atoms with van der Waals surface area (Å²) in [6.07, 6.45) is 7.58. The fraction of sp³-hybridized carbons (Fsp3) is 0.308. The van der Waals surface area contributed by atoms with Gasteiger partial charge in [-0.15, -0.1) is 0 Å². The summed E-state index contributed by atoms with van der Waals surface area (Å²) in [5.74, 6) is 1.59. The number of benzene rings is 3. The molecule has 0 atom stereocenters. The van der Waals surface area contributed by atoms with Crippen molar-refractivity contribution in [3.63, 3.8) is 0 Å². The number of nitrogen functional groups attached to an aromatic ring is 1. The Morgan fingerprint density at radius 2 is 1.22 bits per heavy atom. The van der Waals surface area contributed by atoms with E-state index in [1.807, 2.05) is 12.1 Å². The van der Waals surface area contributed by atoms with Gasteiger partial charge in [0.15, 0.2) is 0 Å². The molecule has 1 nitrogen and oxygen atoms in total. The largest absolute Gasteiger partial charge is 0.399 e. The van der Waals surface area contributed by atoms with Crippen molar-refractivity contribution in [3.8, 4) is 0 Å². The Labute approximate surface area is 163 Å². The van der Waals surface area contributed by atoms with E-state index < -0.39 is 0 Å². The molecule has 138 valence electrons. The second-order valence-electron chi connectivity index (χ2n) is 8.07. The van der Waals surface area contributed by atoms with Crippen LogP contribution in [0.3, 0.4) is 0 Å². The molecule has 0 aromatic heterocycles. The lowest BCUT2D eigenvalue weighted by Crippen LogP contribution is -2.15. The maximum Gasteiger partial charge on any atom is 0.0314 e. The number of anilines is 1. The Balaban J connectivity index is 1.31. The van der Waals surface area contributed by atoms with Crippen molar-refractivity contribution in [2.24, 2.45) is 5.92 Å². The Bertz CT molecular complexity index is 826. The van der Waals surface area contributed by atoms with Gasteiger partial charge >= 0.3 is 0 Å². The van der Waals surface area contributed by atoms with Crippen LogP contribution in [0.2, 0.25) is 0 Å². The van der Waals surface area contributed by atoms with Gasteiger partial charge in [0.05, 0.1) is 0 Å². The van der Waals surface area contributed by atoms with E-state index in [1.165, 1.54) is 54.4 Å². The molecule has 0 aliphatic heterocycles. The van der Waals surface area contributed by atoms with Crippen LogP contribution in [0.5, 0.6) is 0 Å². The highest BCUT2D eigenvalue weighted by Crippen LogP contribution is 2.37. The summed E-state index contributed by atoms with van der Waals surface area (Å²) in [4.78, 5) is 0. The minimum Gasteiger partial charge on any atom is -0.399 e. The van der Waals surface area contributed by atoms with Crippen molar-refractivity contribution in [2.75, 3.05) is 5.73 Å². The third-order valence-corrected chi connectivity index (χ3v) is 6.05. The number of hydrogen-bond donors (Lipinski definition) is 1. The first kappa shape index (κ1) is 17.9. The van der Waals surface area contributed by atoms with Gasteiger partial charge < -0.3 is 5.73 Å². The smallest absolute Gasteiger partial charge is 0.0314 e. The molecule has 0 spiro atoms. The van der Waals surface area contributed by atoms with E-state index in [2.05, 4.69) is 66.7 Å². The zero-order chi connectivity index (χ0) is 18.5. The van der Waals surface area contributed by atoms with Gasteiger partial charge in [0.2, 0.25) is 0 Å². The minimum atomic E-state index is 0.739. The van der Waals surface area contributed by atoms with Gasteiger partial charge in [0.25, 0.3) is 0 Å². The molecule has 0 bridgehead atoms. The van der Waals surface area contributed by atoms with Crippen LogP contribution in [0.15, 0.2) is 78.9 Å². The lowest BCUT2D eigenvalue weighted by atomic mass is 9.76. The second-order valence-corrected chi connectivity index (χ2v) is 8.07. The first-order valence-corrected chi connectivity index (χ1v) is 10.2. The van der Waals surface area contributed by atoms with Gasteiger partial charge in [0, 0.05) is 5.69 Å². The van der Waals surface area contributed by atoms with Crippen molar-refractivity contribution in [2.45, 2.75) is 44.4 Å². The summed E-state index contributed by atoms with van der Waals surface area (Å²) in [6, 6.07) is 28.5. The molecule has 1 heteroatoms. The Hall–Kier alpha value is -2.54. The summed E-state index contributed by atoms with van der Waals surface area (Å²) >= 11 is 0. The van der Waals surface area contributed by atoms with E-state index in [9.17, 15) is 0 Å². The quantitative estimate of drug-likeness (QED) is 0.528. The molecular formula is C26H29N. The van der Waals surface area contributed by atoms with Crippen LogP contribution in [-0.4, -0.2) is 0 Å². The summed E-state index contributed by atoms with van der Waals surface area (Å²) in [6.45, 7) is 0. The van der Waals surface area contributed by atoms with Crippen LogP contribution in [0.1, 0.15) is 53.9 Å². The number of hydrogen-bond acceptors (Lipinski definition) is 1. The van der Waals surface area contributed by atoms with Crippen LogP contribution in [0, 0.1) is 5.92 Å². The molecular weight excluding hydrogens is 326 g/mol. The first-order chi connectivity index (χ1) is 13.3. The molecule has 2 N–H and O–H groups in total. The molecule has 0 unspecified atom stereocenters. The van der Waals surface area contributed by atoms with Gasteiger partial charge in [-0.3, -0.25) is 0 Å². The number of rotatable bonds is 5. The van der Waals surface area contributed by atoms with Gasteiger partial charge in [-0.05, 0) is 84.7 Å². The molecule has 1 aliphatic rings. The zero-order valence-electron chi connectivity index (χ0n) is 16.0. The van der Waals surface area contributed by atoms with Crippen molar-refractivity contribution in [1.29, 1.82) is 0 Å². The Kier molecular flexibility index (Phi) is 5.58. The van der Waals surface area contributed by atoms with E-state index in [0.717, 1.165) is 23.9 Å². The topological polar surface area (TPSA) is 26.0 Å². The van der Waals surface area contributed by atoms with Crippen molar-refractivity contribution in [1.82, 2.24) is 0 Å². The second kappa shape index (κ2) is 8.43. The van der Waals surface area contributed by atoms with E-state index in [1.54, 1.807) is 0 Å². The highest BCUT2D eigenvalue weighted by molar-refractivity contribution is 5.41. The molecule has 1 saturated carbocycles. The molecule has 0 amide bonds. The third kappa shape index (κ3) is 4.80. The van der Waals surface area contributed by atoms with Gasteiger partial charge in [0.1, 0.15) is 0 Å². The standard InChI is InChI=1S/C26H29N/c27-26-16-10-23(11-17-26)19-22-8-14-25(15-9-22)24-12-6-21(7-13-24)18-20-4-2-1-3-5-20/h1-5,8-11,14-17,21,24H,6-7,12-13,18-19,27H2. The van der Waals surface area contributed by atoms with E-state index in [4.69, 9.17) is 5.73 Å². The van der Waals surface area contributed by atoms with Gasteiger partial charge in [-0.1, -0.05) is 66.7 Å². The maximum atomic E-state index is 5.78. The average molecular weight is 356 g/mol. The van der Waals surface area contributed by atoms with Gasteiger partial charge in [-0.2, -0.15) is 0 Å². The van der Waals surface area contributed by atoms with Crippen LogP contribution in [-0.2, 0) is 12.8 Å². The van der Waals surface area contributed by atoms with E-state index in [-0.39, 0.29) is 0 Å². The first-order valence-electron chi connectivity index (χ1n) is 10.2. The Morgan fingerprint density at radius 3 is 1.85 bits per heavy atom. The molecule has 3 aromatic rings. The summed E-state index contributed by atoms with van der Waals surface area (Å²) in [5, 5.41) is 0. The molecule has 0 radical (unpaired) electrons. The van der Waals surface area contributed by atoms with Crippen LogP contribution >= 0.6 is 0 Å². The summed E-state index contributed by atoms with van der Waals surface area (Å²) in [7, 11) is 0. The highest BCUT2D eigenvalue weighted by Gasteiger charge is 2.22. The summed E-state index contributed by atoms with van der Waals surface area (Å²) in [5.41, 5.74) is 12.3. The monoisotopic (exact) mass is 355 g/mol. The third-order valence-electron chi connectivity index (χ3n) is 6.05. The highest BCUT2D eigenvalue weighted by atomic mass is 14.5. The van der Waals surface area contributed by atoms with Crippen molar-refractivity contribution < 1.29 is 0 Å². The molecule has 0 heterocycles. The molecule has 3 aromatic carbocycles. The molecule has 4 rings (SSSR count). The van der Waals surface area contributed by atoms with Crippen molar-refractivity contribution >= 4 is 5.69 Å². The normalized spacial score (nSPS) is 19.7. The number of nitrogens with two attached hydrogens (primary N) is 1. The fourth-order valence-corrected chi connectivity index (χ4v) is 4.43. The molecule has 1 fully saturated rings. The Morgan fingerprint density at radius 1 is 0.630 bits per heavy atom. The SMILES string of the molecule is Nc1ccc(Cc2ccc(C3CCC(Cc4ccccc4)CC3)cc2)cc1. The molecule has 1 aliphatic carbocycles. The van der Waals surface area contributed by atoms with Crippen molar-refractivity contribution in [3.05, 3.63) is 101 Å². The van der Waals surface area contributed by atoms with Gasteiger partial charge in [-0.25, -0.2) is 0 Å². The minimum absolute atomic E-state index is 0.739. The predicted molar refractivity (Wildman–Crippen MR) is 115 cm³/mol. The van der Waals surface area contributed by atoms with E-state index in [0.29, 0.717) is 0 Å². The maximum absolute atomic E-state index is 5.78. The lowest BCUT2D eigenvalue weighted by Gasteiger charge is -2.29. The predicted octanol–water partition coefficient (Wildman–Crippen LogP) is 6.38. The lowest BCUT2D eigenvalue weighted by molar-refractivity contribution is 0.324. The molecule has 0 saturated heterocycles.